The Morgan fingerprint density at radius 2 is 2.05 bits per heavy atom. The van der Waals surface area contributed by atoms with Gasteiger partial charge in [0.25, 0.3) is 5.91 Å². The Balaban J connectivity index is 2.18. The van der Waals surface area contributed by atoms with Gasteiger partial charge < -0.3 is 10.1 Å². The molecule has 0 atom stereocenters. The molecule has 1 N–H and O–H groups in total. The first-order valence-corrected chi connectivity index (χ1v) is 6.67. The first kappa shape index (κ1) is 13.9. The summed E-state index contributed by atoms with van der Waals surface area (Å²) in [6, 6.07) is 12.2. The standard InChI is InChI=1S/C14H11BrClNO2/c1-19-11-4-2-3-10(8-11)17-14(18)9-5-6-13(16)12(15)7-9/h2-8H,1H3,(H,17,18). The second kappa shape index (κ2) is 6.08. The van der Waals surface area contributed by atoms with Crippen LogP contribution in [0.4, 0.5) is 5.69 Å². The number of halogens is 2. The van der Waals surface area contributed by atoms with Crippen molar-refractivity contribution in [1.82, 2.24) is 0 Å². The summed E-state index contributed by atoms with van der Waals surface area (Å²) < 4.78 is 5.79. The van der Waals surface area contributed by atoms with Crippen LogP contribution in [0.1, 0.15) is 10.4 Å². The van der Waals surface area contributed by atoms with E-state index in [2.05, 4.69) is 21.2 Å². The third-order valence-electron chi connectivity index (χ3n) is 2.51. The van der Waals surface area contributed by atoms with Gasteiger partial charge >= 0.3 is 0 Å². The van der Waals surface area contributed by atoms with Crippen LogP contribution in [-0.2, 0) is 0 Å². The molecule has 2 aromatic rings. The van der Waals surface area contributed by atoms with Crippen LogP contribution in [-0.4, -0.2) is 13.0 Å². The fraction of sp³-hybridized carbons (Fsp3) is 0.0714. The molecule has 0 aliphatic rings. The minimum absolute atomic E-state index is 0.203. The Morgan fingerprint density at radius 3 is 2.74 bits per heavy atom. The van der Waals surface area contributed by atoms with Crippen LogP contribution in [0.25, 0.3) is 0 Å². The van der Waals surface area contributed by atoms with E-state index in [4.69, 9.17) is 16.3 Å². The van der Waals surface area contributed by atoms with E-state index in [0.29, 0.717) is 26.5 Å². The molecule has 2 aromatic carbocycles. The fourth-order valence-electron chi connectivity index (χ4n) is 1.54. The molecular weight excluding hydrogens is 330 g/mol. The van der Waals surface area contributed by atoms with E-state index in [1.54, 1.807) is 37.4 Å². The van der Waals surface area contributed by atoms with Crippen molar-refractivity contribution in [2.75, 3.05) is 12.4 Å². The summed E-state index contributed by atoms with van der Waals surface area (Å²) in [6.45, 7) is 0. The first-order valence-electron chi connectivity index (χ1n) is 5.50. The van der Waals surface area contributed by atoms with Crippen molar-refractivity contribution in [3.63, 3.8) is 0 Å². The van der Waals surface area contributed by atoms with Crippen molar-refractivity contribution in [3.05, 3.63) is 57.5 Å². The Labute approximate surface area is 124 Å². The highest BCUT2D eigenvalue weighted by Crippen LogP contribution is 2.24. The molecular formula is C14H11BrClNO2. The van der Waals surface area contributed by atoms with Crippen molar-refractivity contribution >= 4 is 39.1 Å². The lowest BCUT2D eigenvalue weighted by atomic mass is 10.2. The van der Waals surface area contributed by atoms with Gasteiger partial charge in [-0.2, -0.15) is 0 Å². The maximum atomic E-state index is 12.1. The van der Waals surface area contributed by atoms with E-state index >= 15 is 0 Å². The topological polar surface area (TPSA) is 38.3 Å². The number of methoxy groups -OCH3 is 1. The number of ether oxygens (including phenoxy) is 1. The monoisotopic (exact) mass is 339 g/mol. The summed E-state index contributed by atoms with van der Waals surface area (Å²) in [5, 5.41) is 3.36. The van der Waals surface area contributed by atoms with Crippen LogP contribution in [0.2, 0.25) is 5.02 Å². The minimum Gasteiger partial charge on any atom is -0.497 e. The van der Waals surface area contributed by atoms with Gasteiger partial charge in [-0.15, -0.1) is 0 Å². The van der Waals surface area contributed by atoms with Crippen molar-refractivity contribution in [1.29, 1.82) is 0 Å². The zero-order chi connectivity index (χ0) is 13.8. The van der Waals surface area contributed by atoms with Crippen molar-refractivity contribution in [3.8, 4) is 5.75 Å². The molecule has 0 bridgehead atoms. The summed E-state index contributed by atoms with van der Waals surface area (Å²) in [5.41, 5.74) is 1.20. The van der Waals surface area contributed by atoms with Crippen LogP contribution >= 0.6 is 27.5 Å². The van der Waals surface area contributed by atoms with Gasteiger partial charge in [0.2, 0.25) is 0 Å². The van der Waals surface area contributed by atoms with E-state index < -0.39 is 0 Å². The van der Waals surface area contributed by atoms with Gasteiger partial charge in [0.05, 0.1) is 12.1 Å². The predicted molar refractivity (Wildman–Crippen MR) is 80.1 cm³/mol. The lowest BCUT2D eigenvalue weighted by Gasteiger charge is -2.07. The number of hydrogen-bond acceptors (Lipinski definition) is 2. The van der Waals surface area contributed by atoms with Crippen LogP contribution < -0.4 is 10.1 Å². The summed E-state index contributed by atoms with van der Waals surface area (Å²) in [5.74, 6) is 0.487. The van der Waals surface area contributed by atoms with Crippen LogP contribution in [0, 0.1) is 0 Å². The predicted octanol–water partition coefficient (Wildman–Crippen LogP) is 4.36. The molecule has 98 valence electrons. The largest absolute Gasteiger partial charge is 0.497 e. The highest BCUT2D eigenvalue weighted by Gasteiger charge is 2.08. The summed E-state index contributed by atoms with van der Waals surface area (Å²) in [6.07, 6.45) is 0. The van der Waals surface area contributed by atoms with Gasteiger partial charge in [-0.3, -0.25) is 4.79 Å². The highest BCUT2D eigenvalue weighted by atomic mass is 79.9. The molecule has 0 radical (unpaired) electrons. The van der Waals surface area contributed by atoms with Gasteiger partial charge in [0.15, 0.2) is 0 Å². The number of hydrogen-bond donors (Lipinski definition) is 1. The Morgan fingerprint density at radius 1 is 1.26 bits per heavy atom. The molecule has 19 heavy (non-hydrogen) atoms. The molecule has 0 spiro atoms. The Hall–Kier alpha value is -1.52. The molecule has 0 aromatic heterocycles. The molecule has 0 saturated carbocycles. The molecule has 0 saturated heterocycles. The number of carbonyl (C=O) groups is 1. The maximum Gasteiger partial charge on any atom is 0.255 e. The van der Waals surface area contributed by atoms with Gasteiger partial charge in [0, 0.05) is 21.8 Å². The maximum absolute atomic E-state index is 12.1. The zero-order valence-corrected chi connectivity index (χ0v) is 12.5. The van der Waals surface area contributed by atoms with Gasteiger partial charge in [0.1, 0.15) is 5.75 Å². The Bertz CT molecular complexity index is 616. The molecule has 1 amide bonds. The quantitative estimate of drug-likeness (QED) is 0.901. The lowest BCUT2D eigenvalue weighted by Crippen LogP contribution is -2.11. The minimum atomic E-state index is -0.203. The molecule has 0 unspecified atom stereocenters. The van der Waals surface area contributed by atoms with Crippen molar-refractivity contribution in [2.45, 2.75) is 0 Å². The van der Waals surface area contributed by atoms with Crippen molar-refractivity contribution < 1.29 is 9.53 Å². The van der Waals surface area contributed by atoms with E-state index in [9.17, 15) is 4.79 Å². The smallest absolute Gasteiger partial charge is 0.255 e. The molecule has 0 fully saturated rings. The second-order valence-electron chi connectivity index (χ2n) is 3.81. The van der Waals surface area contributed by atoms with Crippen LogP contribution in [0.15, 0.2) is 46.9 Å². The van der Waals surface area contributed by atoms with Gasteiger partial charge in [-0.05, 0) is 46.3 Å². The molecule has 5 heteroatoms. The highest BCUT2D eigenvalue weighted by molar-refractivity contribution is 9.10. The molecule has 0 aliphatic heterocycles. The number of carbonyl (C=O) groups excluding carboxylic acids is 1. The summed E-state index contributed by atoms with van der Waals surface area (Å²) in [4.78, 5) is 12.1. The SMILES string of the molecule is COc1cccc(NC(=O)c2ccc(Cl)c(Br)c2)c1. The lowest BCUT2D eigenvalue weighted by molar-refractivity contribution is 0.102. The van der Waals surface area contributed by atoms with E-state index in [-0.39, 0.29) is 5.91 Å². The molecule has 0 heterocycles. The van der Waals surface area contributed by atoms with Crippen LogP contribution in [0.3, 0.4) is 0 Å². The van der Waals surface area contributed by atoms with Gasteiger partial charge in [-0.1, -0.05) is 17.7 Å². The average molecular weight is 341 g/mol. The summed E-state index contributed by atoms with van der Waals surface area (Å²) in [7, 11) is 1.58. The molecule has 2 rings (SSSR count). The molecule has 0 aliphatic carbocycles. The fourth-order valence-corrected chi connectivity index (χ4v) is 2.04. The van der Waals surface area contributed by atoms with Crippen LogP contribution in [0.5, 0.6) is 5.75 Å². The number of benzene rings is 2. The third-order valence-corrected chi connectivity index (χ3v) is 3.72. The first-order chi connectivity index (χ1) is 9.10. The van der Waals surface area contributed by atoms with E-state index in [0.717, 1.165) is 0 Å². The van der Waals surface area contributed by atoms with E-state index in [1.165, 1.54) is 0 Å². The molecule has 3 nitrogen and oxygen atoms in total. The summed E-state index contributed by atoms with van der Waals surface area (Å²) >= 11 is 9.18. The van der Waals surface area contributed by atoms with Crippen molar-refractivity contribution in [2.24, 2.45) is 0 Å². The Kier molecular flexibility index (Phi) is 4.45. The normalized spacial score (nSPS) is 10.1. The van der Waals surface area contributed by atoms with Gasteiger partial charge in [-0.25, -0.2) is 0 Å². The zero-order valence-electron chi connectivity index (χ0n) is 10.1. The third kappa shape index (κ3) is 3.49. The number of rotatable bonds is 3. The number of nitrogens with one attached hydrogen (secondary N) is 1. The average Bonchev–Trinajstić information content (AvgIpc) is 2.42. The number of anilines is 1. The van der Waals surface area contributed by atoms with E-state index in [1.807, 2.05) is 12.1 Å². The number of amides is 1. The second-order valence-corrected chi connectivity index (χ2v) is 5.08.